The lowest BCUT2D eigenvalue weighted by atomic mass is 10.0. The number of carbonyl (C=O) groups excluding carboxylic acids is 1. The second-order valence-corrected chi connectivity index (χ2v) is 6.68. The average Bonchev–Trinajstić information content (AvgIpc) is 2.76. The fourth-order valence-electron chi connectivity index (χ4n) is 3.42. The van der Waals surface area contributed by atoms with E-state index in [1.54, 1.807) is 14.2 Å². The zero-order valence-corrected chi connectivity index (χ0v) is 16.5. The molecule has 28 heavy (non-hydrogen) atoms. The van der Waals surface area contributed by atoms with E-state index in [1.807, 2.05) is 53.4 Å². The number of nitrogens with zero attached hydrogens (tertiary/aromatic N) is 1. The van der Waals surface area contributed by atoms with Gasteiger partial charge in [0.05, 0.1) is 19.8 Å². The molecule has 6 heteroatoms. The summed E-state index contributed by atoms with van der Waals surface area (Å²) in [5, 5.41) is 3.38. The molecule has 1 unspecified atom stereocenters. The summed E-state index contributed by atoms with van der Waals surface area (Å²) < 4.78 is 16.2. The topological polar surface area (TPSA) is 60.0 Å². The first-order valence-corrected chi connectivity index (χ1v) is 9.61. The van der Waals surface area contributed by atoms with Gasteiger partial charge in [0.2, 0.25) is 0 Å². The Morgan fingerprint density at radius 2 is 1.89 bits per heavy atom. The van der Waals surface area contributed by atoms with E-state index >= 15 is 0 Å². The smallest absolute Gasteiger partial charge is 0.254 e. The van der Waals surface area contributed by atoms with Gasteiger partial charge in [-0.1, -0.05) is 18.2 Å². The van der Waals surface area contributed by atoms with Gasteiger partial charge in [0, 0.05) is 50.9 Å². The van der Waals surface area contributed by atoms with Gasteiger partial charge in [-0.05, 0) is 30.3 Å². The number of benzene rings is 2. The van der Waals surface area contributed by atoms with Crippen LogP contribution in [-0.2, 0) is 4.74 Å². The molecule has 0 spiro atoms. The van der Waals surface area contributed by atoms with Gasteiger partial charge in [-0.15, -0.1) is 0 Å². The molecule has 1 atom stereocenters. The molecule has 6 nitrogen and oxygen atoms in total. The van der Waals surface area contributed by atoms with Gasteiger partial charge in [0.15, 0.2) is 0 Å². The van der Waals surface area contributed by atoms with E-state index in [-0.39, 0.29) is 11.9 Å². The van der Waals surface area contributed by atoms with Crippen molar-refractivity contribution in [3.05, 3.63) is 59.7 Å². The standard InChI is InChI=1S/C22H28N2O4/c1-26-14-5-15-28-18-10-8-17(9-11-18)22(25)24-13-12-23-16-20(24)19-6-3-4-7-21(19)27-2/h3-4,6-11,20,23H,5,12-16H2,1-2H3. The summed E-state index contributed by atoms with van der Waals surface area (Å²) in [6.07, 6.45) is 0.832. The number of methoxy groups -OCH3 is 2. The van der Waals surface area contributed by atoms with E-state index in [0.29, 0.717) is 31.9 Å². The maximum Gasteiger partial charge on any atom is 0.254 e. The molecule has 1 amide bonds. The van der Waals surface area contributed by atoms with Crippen molar-refractivity contribution in [2.24, 2.45) is 0 Å². The molecule has 0 saturated carbocycles. The number of rotatable bonds is 8. The van der Waals surface area contributed by atoms with Crippen LogP contribution in [0.4, 0.5) is 0 Å². The predicted molar refractivity (Wildman–Crippen MR) is 108 cm³/mol. The van der Waals surface area contributed by atoms with Gasteiger partial charge in [-0.2, -0.15) is 0 Å². The number of para-hydroxylation sites is 1. The first-order chi connectivity index (χ1) is 13.7. The van der Waals surface area contributed by atoms with Gasteiger partial charge in [0.1, 0.15) is 11.5 Å². The zero-order valence-electron chi connectivity index (χ0n) is 16.5. The molecule has 1 aliphatic heterocycles. The molecule has 0 bridgehead atoms. The van der Waals surface area contributed by atoms with Crippen molar-refractivity contribution in [3.63, 3.8) is 0 Å². The molecule has 0 radical (unpaired) electrons. The van der Waals surface area contributed by atoms with Gasteiger partial charge < -0.3 is 24.4 Å². The molecular formula is C22H28N2O4. The van der Waals surface area contributed by atoms with Crippen molar-refractivity contribution in [2.75, 3.05) is 47.1 Å². The normalized spacial score (nSPS) is 16.6. The number of amides is 1. The van der Waals surface area contributed by atoms with E-state index < -0.39 is 0 Å². The monoisotopic (exact) mass is 384 g/mol. The molecule has 2 aromatic rings. The first kappa shape index (κ1) is 20.2. The third-order valence-corrected chi connectivity index (χ3v) is 4.86. The van der Waals surface area contributed by atoms with Crippen LogP contribution in [-0.4, -0.2) is 57.9 Å². The highest BCUT2D eigenvalue weighted by Crippen LogP contribution is 2.31. The maximum absolute atomic E-state index is 13.2. The van der Waals surface area contributed by atoms with E-state index in [9.17, 15) is 4.79 Å². The lowest BCUT2D eigenvalue weighted by Gasteiger charge is -2.37. The third kappa shape index (κ3) is 4.82. The molecule has 1 N–H and O–H groups in total. The summed E-state index contributed by atoms with van der Waals surface area (Å²) in [5.41, 5.74) is 1.68. The van der Waals surface area contributed by atoms with Crippen LogP contribution in [0.15, 0.2) is 48.5 Å². The molecule has 150 valence electrons. The van der Waals surface area contributed by atoms with Gasteiger partial charge >= 0.3 is 0 Å². The largest absolute Gasteiger partial charge is 0.496 e. The minimum absolute atomic E-state index is 0.0170. The average molecular weight is 384 g/mol. The molecule has 2 aromatic carbocycles. The molecule has 1 fully saturated rings. The molecule has 3 rings (SSSR count). The fraction of sp³-hybridized carbons (Fsp3) is 0.409. The summed E-state index contributed by atoms with van der Waals surface area (Å²) in [5.74, 6) is 1.58. The highest BCUT2D eigenvalue weighted by atomic mass is 16.5. The highest BCUT2D eigenvalue weighted by molar-refractivity contribution is 5.94. The van der Waals surface area contributed by atoms with Crippen LogP contribution in [0.1, 0.15) is 28.4 Å². The number of hydrogen-bond donors (Lipinski definition) is 1. The van der Waals surface area contributed by atoms with Gasteiger partial charge in [-0.3, -0.25) is 4.79 Å². The van der Waals surface area contributed by atoms with Crippen molar-refractivity contribution in [1.29, 1.82) is 0 Å². The minimum Gasteiger partial charge on any atom is -0.496 e. The Kier molecular flexibility index (Phi) is 7.28. The molecule has 1 saturated heterocycles. The number of carbonyl (C=O) groups is 1. The number of nitrogens with one attached hydrogen (secondary N) is 1. The van der Waals surface area contributed by atoms with Crippen molar-refractivity contribution in [2.45, 2.75) is 12.5 Å². The Hall–Kier alpha value is -2.57. The van der Waals surface area contributed by atoms with Crippen LogP contribution < -0.4 is 14.8 Å². The summed E-state index contributed by atoms with van der Waals surface area (Å²) in [7, 11) is 3.33. The summed E-state index contributed by atoms with van der Waals surface area (Å²) in [6, 6.07) is 15.2. The molecular weight excluding hydrogens is 356 g/mol. The second kappa shape index (κ2) is 10.1. The van der Waals surface area contributed by atoms with Gasteiger partial charge in [-0.25, -0.2) is 0 Å². The Labute approximate surface area is 166 Å². The second-order valence-electron chi connectivity index (χ2n) is 6.68. The Morgan fingerprint density at radius 1 is 1.11 bits per heavy atom. The van der Waals surface area contributed by atoms with E-state index in [4.69, 9.17) is 14.2 Å². The Bertz CT molecular complexity index is 763. The predicted octanol–water partition coefficient (Wildman–Crippen LogP) is 2.90. The third-order valence-electron chi connectivity index (χ3n) is 4.86. The number of piperazine rings is 1. The zero-order chi connectivity index (χ0) is 19.8. The fourth-order valence-corrected chi connectivity index (χ4v) is 3.42. The van der Waals surface area contributed by atoms with Crippen molar-refractivity contribution in [1.82, 2.24) is 10.2 Å². The molecule has 1 aliphatic rings. The van der Waals surface area contributed by atoms with Crippen LogP contribution in [0.5, 0.6) is 11.5 Å². The minimum atomic E-state index is -0.0672. The van der Waals surface area contributed by atoms with Crippen molar-refractivity contribution >= 4 is 5.91 Å². The van der Waals surface area contributed by atoms with E-state index in [1.165, 1.54) is 0 Å². The summed E-state index contributed by atoms with van der Waals surface area (Å²) in [4.78, 5) is 15.1. The van der Waals surface area contributed by atoms with E-state index in [2.05, 4.69) is 5.32 Å². The van der Waals surface area contributed by atoms with Gasteiger partial charge in [0.25, 0.3) is 5.91 Å². The summed E-state index contributed by atoms with van der Waals surface area (Å²) >= 11 is 0. The first-order valence-electron chi connectivity index (χ1n) is 9.61. The lowest BCUT2D eigenvalue weighted by Crippen LogP contribution is -2.48. The van der Waals surface area contributed by atoms with Crippen LogP contribution in [0.25, 0.3) is 0 Å². The SMILES string of the molecule is COCCCOc1ccc(C(=O)N2CCNCC2c2ccccc2OC)cc1. The van der Waals surface area contributed by atoms with E-state index in [0.717, 1.165) is 30.0 Å². The van der Waals surface area contributed by atoms with Crippen LogP contribution in [0.3, 0.4) is 0 Å². The Balaban J connectivity index is 1.72. The lowest BCUT2D eigenvalue weighted by molar-refractivity contribution is 0.0631. The number of ether oxygens (including phenoxy) is 3. The Morgan fingerprint density at radius 3 is 2.64 bits per heavy atom. The van der Waals surface area contributed by atoms with Crippen molar-refractivity contribution < 1.29 is 19.0 Å². The van der Waals surface area contributed by atoms with Crippen LogP contribution in [0, 0.1) is 0 Å². The molecule has 0 aromatic heterocycles. The molecule has 0 aliphatic carbocycles. The molecule has 1 heterocycles. The van der Waals surface area contributed by atoms with Crippen LogP contribution in [0.2, 0.25) is 0 Å². The van der Waals surface area contributed by atoms with Crippen molar-refractivity contribution in [3.8, 4) is 11.5 Å². The maximum atomic E-state index is 13.2. The summed E-state index contributed by atoms with van der Waals surface area (Å²) in [6.45, 7) is 3.39. The quantitative estimate of drug-likeness (QED) is 0.709. The van der Waals surface area contributed by atoms with Crippen LogP contribution >= 0.6 is 0 Å². The number of hydrogen-bond acceptors (Lipinski definition) is 5. The highest BCUT2D eigenvalue weighted by Gasteiger charge is 2.30.